The smallest absolute Gasteiger partial charge is 0.306 e. The third-order valence-corrected chi connectivity index (χ3v) is 13.0. The molecule has 0 fully saturated rings. The Labute approximate surface area is 428 Å². The van der Waals surface area contributed by atoms with Gasteiger partial charge in [0.05, 0.1) is 0 Å². The van der Waals surface area contributed by atoms with Crippen LogP contribution in [0.15, 0.2) is 60.8 Å². The van der Waals surface area contributed by atoms with Gasteiger partial charge in [0.25, 0.3) is 0 Å². The van der Waals surface area contributed by atoms with Gasteiger partial charge in [0, 0.05) is 19.3 Å². The zero-order chi connectivity index (χ0) is 50.0. The topological polar surface area (TPSA) is 78.9 Å². The Morgan fingerprint density at radius 1 is 0.290 bits per heavy atom. The molecule has 0 aromatic rings. The Hall–Kier alpha value is -2.89. The van der Waals surface area contributed by atoms with E-state index in [1.54, 1.807) is 0 Å². The maximum absolute atomic E-state index is 12.8. The summed E-state index contributed by atoms with van der Waals surface area (Å²) < 4.78 is 16.8. The van der Waals surface area contributed by atoms with Crippen LogP contribution in [0.5, 0.6) is 0 Å². The molecule has 0 rings (SSSR count). The number of carbonyl (C=O) groups is 3. The second kappa shape index (κ2) is 57.7. The van der Waals surface area contributed by atoms with Gasteiger partial charge in [-0.25, -0.2) is 0 Å². The summed E-state index contributed by atoms with van der Waals surface area (Å²) >= 11 is 0. The van der Waals surface area contributed by atoms with E-state index in [0.29, 0.717) is 19.3 Å². The molecule has 1 atom stereocenters. The van der Waals surface area contributed by atoms with Gasteiger partial charge in [-0.05, 0) is 89.9 Å². The molecule has 0 amide bonds. The molecule has 0 radical (unpaired) electrons. The van der Waals surface area contributed by atoms with Crippen molar-refractivity contribution in [3.63, 3.8) is 0 Å². The van der Waals surface area contributed by atoms with Crippen LogP contribution >= 0.6 is 0 Å². The van der Waals surface area contributed by atoms with Crippen molar-refractivity contribution in [1.82, 2.24) is 0 Å². The van der Waals surface area contributed by atoms with E-state index in [-0.39, 0.29) is 31.1 Å². The molecule has 69 heavy (non-hydrogen) atoms. The number of rotatable bonds is 54. The largest absolute Gasteiger partial charge is 0.462 e. The third kappa shape index (κ3) is 55.9. The molecule has 0 bridgehead atoms. The van der Waals surface area contributed by atoms with E-state index in [1.807, 2.05) is 0 Å². The fourth-order valence-electron chi connectivity index (χ4n) is 8.48. The first-order valence-electron chi connectivity index (χ1n) is 29.8. The summed E-state index contributed by atoms with van der Waals surface area (Å²) in [5.41, 5.74) is 0. The van der Waals surface area contributed by atoms with Crippen LogP contribution in [-0.4, -0.2) is 37.2 Å². The fraction of sp³-hybridized carbons (Fsp3) is 0.794. The summed E-state index contributed by atoms with van der Waals surface area (Å²) in [7, 11) is 0. The van der Waals surface area contributed by atoms with Gasteiger partial charge in [-0.15, -0.1) is 0 Å². The molecule has 0 N–H and O–H groups in total. The number of unbranched alkanes of at least 4 members (excludes halogenated alkanes) is 33. The number of hydrogen-bond acceptors (Lipinski definition) is 6. The van der Waals surface area contributed by atoms with Gasteiger partial charge < -0.3 is 14.2 Å². The Balaban J connectivity index is 4.26. The standard InChI is InChI=1S/C63H112O6/c1-4-7-10-13-16-19-21-23-25-27-29-30-31-32-34-35-37-39-41-44-47-50-53-56-62(65)68-59-60(58-67-61(64)55-52-49-46-43-18-15-12-9-6-3)69-63(66)57-54-51-48-45-42-40-38-36-33-28-26-24-22-20-17-14-11-8-5-2/h17,20-21,23-24,26-27,29,31-32,60H,4-16,18-19,22,25,28,30,33-59H2,1-3H3/b20-17-,23-21-,26-24-,29-27-,32-31-. The summed E-state index contributed by atoms with van der Waals surface area (Å²) in [5, 5.41) is 0. The van der Waals surface area contributed by atoms with Crippen LogP contribution in [-0.2, 0) is 28.6 Å². The van der Waals surface area contributed by atoms with E-state index in [4.69, 9.17) is 14.2 Å². The average molecular weight is 966 g/mol. The number of carbonyl (C=O) groups excluding carboxylic acids is 3. The van der Waals surface area contributed by atoms with Crippen LogP contribution in [0, 0.1) is 0 Å². The van der Waals surface area contributed by atoms with Crippen molar-refractivity contribution in [2.24, 2.45) is 0 Å². The molecule has 1 unspecified atom stereocenters. The first-order chi connectivity index (χ1) is 34.0. The lowest BCUT2D eigenvalue weighted by Crippen LogP contribution is -2.30. The maximum atomic E-state index is 12.8. The van der Waals surface area contributed by atoms with E-state index < -0.39 is 6.10 Å². The molecule has 400 valence electrons. The van der Waals surface area contributed by atoms with Gasteiger partial charge >= 0.3 is 17.9 Å². The van der Waals surface area contributed by atoms with Crippen molar-refractivity contribution in [2.45, 2.75) is 309 Å². The predicted molar refractivity (Wildman–Crippen MR) is 298 cm³/mol. The van der Waals surface area contributed by atoms with E-state index in [1.165, 1.54) is 180 Å². The Morgan fingerprint density at radius 3 is 0.841 bits per heavy atom. The predicted octanol–water partition coefficient (Wildman–Crippen LogP) is 20.0. The van der Waals surface area contributed by atoms with Crippen LogP contribution in [0.4, 0.5) is 0 Å². The minimum Gasteiger partial charge on any atom is -0.462 e. The van der Waals surface area contributed by atoms with Crippen molar-refractivity contribution < 1.29 is 28.6 Å². The number of ether oxygens (including phenoxy) is 3. The molecule has 6 heteroatoms. The summed E-state index contributed by atoms with van der Waals surface area (Å²) in [5.74, 6) is -0.879. The van der Waals surface area contributed by atoms with Crippen molar-refractivity contribution in [1.29, 1.82) is 0 Å². The maximum Gasteiger partial charge on any atom is 0.306 e. The minimum absolute atomic E-state index is 0.0762. The highest BCUT2D eigenvalue weighted by molar-refractivity contribution is 5.71. The van der Waals surface area contributed by atoms with Crippen LogP contribution < -0.4 is 0 Å². The van der Waals surface area contributed by atoms with E-state index >= 15 is 0 Å². The van der Waals surface area contributed by atoms with Crippen LogP contribution in [0.3, 0.4) is 0 Å². The van der Waals surface area contributed by atoms with Crippen molar-refractivity contribution in [3.05, 3.63) is 60.8 Å². The quantitative estimate of drug-likeness (QED) is 0.0262. The SMILES string of the molecule is CCCCC/C=C\C/C=C\CCCCCCCCCCCC(=O)OC(COC(=O)CCCCCCCCCCC)COC(=O)CCCCCCCCCC/C=C\C/C=C\C/C=C\CCCCCCC. The molecule has 0 heterocycles. The van der Waals surface area contributed by atoms with Crippen LogP contribution in [0.25, 0.3) is 0 Å². The summed E-state index contributed by atoms with van der Waals surface area (Å²) in [4.78, 5) is 38.1. The van der Waals surface area contributed by atoms with Crippen molar-refractivity contribution in [3.8, 4) is 0 Å². The van der Waals surface area contributed by atoms with E-state index in [9.17, 15) is 14.4 Å². The highest BCUT2D eigenvalue weighted by atomic mass is 16.6. The van der Waals surface area contributed by atoms with Crippen molar-refractivity contribution in [2.75, 3.05) is 13.2 Å². The van der Waals surface area contributed by atoms with Gasteiger partial charge in [-0.2, -0.15) is 0 Å². The lowest BCUT2D eigenvalue weighted by molar-refractivity contribution is -0.167. The highest BCUT2D eigenvalue weighted by Crippen LogP contribution is 2.16. The van der Waals surface area contributed by atoms with Gasteiger partial charge in [-0.1, -0.05) is 255 Å². The summed E-state index contributed by atoms with van der Waals surface area (Å²) in [6, 6.07) is 0. The molecular formula is C63H112O6. The monoisotopic (exact) mass is 965 g/mol. The number of hydrogen-bond donors (Lipinski definition) is 0. The average Bonchev–Trinajstić information content (AvgIpc) is 3.35. The van der Waals surface area contributed by atoms with E-state index in [2.05, 4.69) is 81.5 Å². The molecule has 0 aliphatic rings. The van der Waals surface area contributed by atoms with Gasteiger partial charge in [0.2, 0.25) is 0 Å². The van der Waals surface area contributed by atoms with E-state index in [0.717, 1.165) is 83.5 Å². The lowest BCUT2D eigenvalue weighted by Gasteiger charge is -2.18. The second-order valence-corrected chi connectivity index (χ2v) is 19.9. The zero-order valence-corrected chi connectivity index (χ0v) is 45.8. The highest BCUT2D eigenvalue weighted by Gasteiger charge is 2.19. The first kappa shape index (κ1) is 66.1. The summed E-state index contributed by atoms with van der Waals surface area (Å²) in [6.07, 6.45) is 72.2. The Kier molecular flexibility index (Phi) is 55.3. The Bertz CT molecular complexity index is 1250. The molecule has 0 aliphatic carbocycles. The van der Waals surface area contributed by atoms with Gasteiger partial charge in [-0.3, -0.25) is 14.4 Å². The molecule has 6 nitrogen and oxygen atoms in total. The molecule has 0 spiro atoms. The molecule has 0 aromatic carbocycles. The van der Waals surface area contributed by atoms with Gasteiger partial charge in [0.1, 0.15) is 13.2 Å². The summed E-state index contributed by atoms with van der Waals surface area (Å²) in [6.45, 7) is 6.60. The first-order valence-corrected chi connectivity index (χ1v) is 29.8. The molecule has 0 aliphatic heterocycles. The van der Waals surface area contributed by atoms with Crippen molar-refractivity contribution >= 4 is 17.9 Å². The minimum atomic E-state index is -0.777. The van der Waals surface area contributed by atoms with Gasteiger partial charge in [0.15, 0.2) is 6.10 Å². The number of esters is 3. The fourth-order valence-corrected chi connectivity index (χ4v) is 8.48. The molecule has 0 saturated heterocycles. The number of allylic oxidation sites excluding steroid dienone is 10. The molecule has 0 aromatic heterocycles. The zero-order valence-electron chi connectivity index (χ0n) is 45.8. The third-order valence-electron chi connectivity index (χ3n) is 13.0. The second-order valence-electron chi connectivity index (χ2n) is 19.9. The van der Waals surface area contributed by atoms with Crippen LogP contribution in [0.2, 0.25) is 0 Å². The Morgan fingerprint density at radius 2 is 0.522 bits per heavy atom. The molecule has 0 saturated carbocycles. The van der Waals surface area contributed by atoms with Crippen LogP contribution in [0.1, 0.15) is 303 Å². The lowest BCUT2D eigenvalue weighted by atomic mass is 10.1. The normalized spacial score (nSPS) is 12.4. The molecular weight excluding hydrogens is 853 g/mol.